The van der Waals surface area contributed by atoms with Crippen LogP contribution in [0.15, 0.2) is 0 Å². The Hall–Kier alpha value is -0.0231. The van der Waals surface area contributed by atoms with E-state index in [-0.39, 0.29) is 0 Å². The molecule has 0 spiro atoms. The van der Waals surface area contributed by atoms with E-state index in [2.05, 4.69) is 0 Å². The van der Waals surface area contributed by atoms with Crippen LogP contribution in [0.2, 0.25) is 6.04 Å². The Balaban J connectivity index is 5.03. The van der Waals surface area contributed by atoms with Crippen molar-refractivity contribution in [2.24, 2.45) is 17.2 Å². The van der Waals surface area contributed by atoms with Crippen molar-refractivity contribution >= 4 is 8.80 Å². The summed E-state index contributed by atoms with van der Waals surface area (Å²) in [4.78, 5) is 0. The minimum absolute atomic E-state index is 0.394. The molecule has 0 unspecified atom stereocenters. The fourth-order valence-corrected chi connectivity index (χ4v) is 5.33. The van der Waals surface area contributed by atoms with E-state index >= 15 is 0 Å². The smallest absolute Gasteiger partial charge is 0.374 e. The van der Waals surface area contributed by atoms with Gasteiger partial charge in [0.15, 0.2) is 0 Å². The lowest BCUT2D eigenvalue weighted by atomic mass is 9.99. The molecule has 0 saturated heterocycles. The van der Waals surface area contributed by atoms with Gasteiger partial charge in [0.2, 0.25) is 0 Å². The molecule has 0 saturated carbocycles. The largest absolute Gasteiger partial charge is 0.501 e. The molecule has 0 aromatic heterocycles. The van der Waals surface area contributed by atoms with Crippen LogP contribution in [0.4, 0.5) is 0 Å². The van der Waals surface area contributed by atoms with E-state index in [0.717, 1.165) is 25.3 Å². The van der Waals surface area contributed by atoms with Gasteiger partial charge < -0.3 is 30.5 Å². The number of rotatable bonds is 13. The summed E-state index contributed by atoms with van der Waals surface area (Å²) in [6, 6.07) is 0.732. The lowest BCUT2D eigenvalue weighted by Gasteiger charge is -2.39. The number of hydrogen-bond donors (Lipinski definition) is 3. The number of nitrogens with two attached hydrogens (primary N) is 3. The van der Waals surface area contributed by atoms with Crippen LogP contribution < -0.4 is 17.2 Å². The predicted molar refractivity (Wildman–Crippen MR) is 84.3 cm³/mol. The van der Waals surface area contributed by atoms with E-state index in [1.165, 1.54) is 0 Å². The molecule has 0 aliphatic heterocycles. The predicted octanol–water partition coefficient (Wildman–Crippen LogP) is 0.820. The fourth-order valence-electron chi connectivity index (χ4n) is 2.27. The van der Waals surface area contributed by atoms with Gasteiger partial charge in [-0.25, -0.2) is 0 Å². The van der Waals surface area contributed by atoms with Gasteiger partial charge in [-0.3, -0.25) is 0 Å². The summed E-state index contributed by atoms with van der Waals surface area (Å²) >= 11 is 0. The second-order valence-corrected chi connectivity index (χ2v) is 7.72. The molecule has 0 rings (SSSR count). The molecule has 0 atom stereocenters. The highest BCUT2D eigenvalue weighted by Crippen LogP contribution is 2.29. The van der Waals surface area contributed by atoms with E-state index in [4.69, 9.17) is 30.5 Å². The molecule has 7 heteroatoms. The van der Waals surface area contributed by atoms with Crippen molar-refractivity contribution in [2.75, 3.05) is 32.8 Å². The van der Waals surface area contributed by atoms with Crippen LogP contribution in [0, 0.1) is 0 Å². The summed E-state index contributed by atoms with van der Waals surface area (Å²) in [6.07, 6.45) is 2.30. The summed E-state index contributed by atoms with van der Waals surface area (Å²) in [6.45, 7) is 8.78. The van der Waals surface area contributed by atoms with Gasteiger partial charge in [0.1, 0.15) is 0 Å². The first-order valence-corrected chi connectivity index (χ1v) is 9.53. The standard InChI is InChI=1S/C13H33N3O3Si/c1-4-17-20(18-5-2,12-6-9-14)19-13(3,7-10-15)8-11-16/h4-12,14-16H2,1-3H3. The summed E-state index contributed by atoms with van der Waals surface area (Å²) in [5, 5.41) is 0. The monoisotopic (exact) mass is 307 g/mol. The molecule has 0 radical (unpaired) electrons. The average molecular weight is 308 g/mol. The first kappa shape index (κ1) is 20.0. The van der Waals surface area contributed by atoms with E-state index in [1.807, 2.05) is 20.8 Å². The van der Waals surface area contributed by atoms with Gasteiger partial charge in [0.25, 0.3) is 0 Å². The third-order valence-corrected chi connectivity index (χ3v) is 6.39. The van der Waals surface area contributed by atoms with Crippen LogP contribution in [-0.4, -0.2) is 47.3 Å². The van der Waals surface area contributed by atoms with Crippen LogP contribution in [-0.2, 0) is 13.3 Å². The Bertz CT molecular complexity index is 233. The van der Waals surface area contributed by atoms with E-state index < -0.39 is 14.4 Å². The first-order valence-electron chi connectivity index (χ1n) is 7.59. The van der Waals surface area contributed by atoms with Gasteiger partial charge in [0.05, 0.1) is 5.60 Å². The quantitative estimate of drug-likeness (QED) is 0.435. The average Bonchev–Trinajstić information content (AvgIpc) is 2.37. The molecule has 0 aromatic carbocycles. The van der Waals surface area contributed by atoms with Crippen LogP contribution in [0.5, 0.6) is 0 Å². The summed E-state index contributed by atoms with van der Waals surface area (Å²) in [5.74, 6) is 0. The maximum absolute atomic E-state index is 6.37. The van der Waals surface area contributed by atoms with Crippen LogP contribution >= 0.6 is 0 Å². The zero-order valence-corrected chi connectivity index (χ0v) is 14.3. The lowest BCUT2D eigenvalue weighted by Crippen LogP contribution is -2.53. The van der Waals surface area contributed by atoms with Crippen LogP contribution in [0.1, 0.15) is 40.0 Å². The van der Waals surface area contributed by atoms with Crippen molar-refractivity contribution in [3.8, 4) is 0 Å². The summed E-state index contributed by atoms with van der Waals surface area (Å²) in [5.41, 5.74) is 16.6. The number of hydrogen-bond acceptors (Lipinski definition) is 6. The van der Waals surface area contributed by atoms with Gasteiger partial charge in [-0.1, -0.05) is 0 Å². The minimum Gasteiger partial charge on any atom is -0.374 e. The SMILES string of the molecule is CCO[Si](CCCN)(OCC)OC(C)(CCN)CCN. The van der Waals surface area contributed by atoms with E-state index in [0.29, 0.717) is 32.8 Å². The zero-order chi connectivity index (χ0) is 15.5. The molecule has 0 bridgehead atoms. The molecular weight excluding hydrogens is 274 g/mol. The lowest BCUT2D eigenvalue weighted by molar-refractivity contribution is -0.0268. The van der Waals surface area contributed by atoms with Gasteiger partial charge in [-0.15, -0.1) is 0 Å². The van der Waals surface area contributed by atoms with Crippen LogP contribution in [0.3, 0.4) is 0 Å². The zero-order valence-electron chi connectivity index (χ0n) is 13.3. The van der Waals surface area contributed by atoms with Gasteiger partial charge >= 0.3 is 8.80 Å². The summed E-state index contributed by atoms with van der Waals surface area (Å²) in [7, 11) is -2.72. The highest BCUT2D eigenvalue weighted by molar-refractivity contribution is 6.60. The normalized spacial score (nSPS) is 12.9. The van der Waals surface area contributed by atoms with E-state index in [9.17, 15) is 0 Å². The second-order valence-electron chi connectivity index (χ2n) is 5.07. The topological polar surface area (TPSA) is 106 Å². The molecule has 20 heavy (non-hydrogen) atoms. The Morgan fingerprint density at radius 1 is 0.900 bits per heavy atom. The second kappa shape index (κ2) is 10.7. The Morgan fingerprint density at radius 2 is 1.40 bits per heavy atom. The molecule has 0 aliphatic rings. The third kappa shape index (κ3) is 7.12. The molecule has 122 valence electrons. The van der Waals surface area contributed by atoms with Crippen molar-refractivity contribution in [3.63, 3.8) is 0 Å². The maximum Gasteiger partial charge on any atom is 0.501 e. The van der Waals surface area contributed by atoms with Crippen LogP contribution in [0.25, 0.3) is 0 Å². The first-order chi connectivity index (χ1) is 9.51. The molecule has 6 nitrogen and oxygen atoms in total. The van der Waals surface area contributed by atoms with Crippen molar-refractivity contribution in [2.45, 2.75) is 51.7 Å². The van der Waals surface area contributed by atoms with Crippen molar-refractivity contribution in [3.05, 3.63) is 0 Å². The molecule has 0 aromatic rings. The minimum atomic E-state index is -2.72. The van der Waals surface area contributed by atoms with Gasteiger partial charge in [0, 0.05) is 19.3 Å². The van der Waals surface area contributed by atoms with Gasteiger partial charge in [-0.05, 0) is 59.7 Å². The molecule has 0 heterocycles. The Labute approximate surface area is 124 Å². The highest BCUT2D eigenvalue weighted by Gasteiger charge is 2.45. The summed E-state index contributed by atoms with van der Waals surface area (Å²) < 4.78 is 18.2. The Kier molecular flexibility index (Phi) is 10.7. The third-order valence-electron chi connectivity index (χ3n) is 3.16. The molecule has 0 fully saturated rings. The van der Waals surface area contributed by atoms with Crippen molar-refractivity contribution in [1.82, 2.24) is 0 Å². The maximum atomic E-state index is 6.37. The van der Waals surface area contributed by atoms with Gasteiger partial charge in [-0.2, -0.15) is 0 Å². The molecule has 0 aliphatic carbocycles. The highest BCUT2D eigenvalue weighted by atomic mass is 28.4. The van der Waals surface area contributed by atoms with Crippen molar-refractivity contribution < 1.29 is 13.3 Å². The Morgan fingerprint density at radius 3 is 1.75 bits per heavy atom. The molecule has 6 N–H and O–H groups in total. The van der Waals surface area contributed by atoms with E-state index in [1.54, 1.807) is 0 Å². The molecular formula is C13H33N3O3Si. The molecule has 0 amide bonds. The fraction of sp³-hybridized carbons (Fsp3) is 1.00. The van der Waals surface area contributed by atoms with Crippen molar-refractivity contribution in [1.29, 1.82) is 0 Å².